The van der Waals surface area contributed by atoms with Gasteiger partial charge in [-0.2, -0.15) is 0 Å². The van der Waals surface area contributed by atoms with E-state index in [2.05, 4.69) is 20.5 Å². The van der Waals surface area contributed by atoms with E-state index in [1.54, 1.807) is 28.8 Å². The molecule has 2 aromatic carbocycles. The Morgan fingerprint density at radius 1 is 1.11 bits per heavy atom. The maximum absolute atomic E-state index is 13.0. The molecule has 0 saturated carbocycles. The van der Waals surface area contributed by atoms with Gasteiger partial charge < -0.3 is 4.74 Å². The highest BCUT2D eigenvalue weighted by molar-refractivity contribution is 7.15. The fraction of sp³-hybridized carbons (Fsp3) is 0.211. The van der Waals surface area contributed by atoms with Crippen molar-refractivity contribution < 1.29 is 9.53 Å². The zero-order chi connectivity index (χ0) is 19.5. The van der Waals surface area contributed by atoms with Crippen LogP contribution in [0.2, 0.25) is 0 Å². The van der Waals surface area contributed by atoms with Gasteiger partial charge in [-0.1, -0.05) is 40.8 Å². The second-order valence-corrected chi connectivity index (χ2v) is 7.00. The van der Waals surface area contributed by atoms with Crippen LogP contribution in [-0.2, 0) is 6.54 Å². The summed E-state index contributed by atoms with van der Waals surface area (Å²) in [6.07, 6.45) is 0. The first-order chi connectivity index (χ1) is 13.7. The van der Waals surface area contributed by atoms with Gasteiger partial charge in [0.05, 0.1) is 24.7 Å². The summed E-state index contributed by atoms with van der Waals surface area (Å²) in [4.78, 5) is 14.6. The molecule has 4 rings (SSSR count). The number of anilines is 1. The number of hydrogen-bond acceptors (Lipinski definition) is 7. The van der Waals surface area contributed by atoms with Gasteiger partial charge >= 0.3 is 0 Å². The van der Waals surface area contributed by atoms with Crippen LogP contribution in [0.5, 0.6) is 5.75 Å². The Bertz CT molecular complexity index is 1120. The standard InChI is InChI=1S/C19H18N6O2S/c1-3-24(18(26)13-8-4-7-11-16(13)27-2)19-22-21-17(28-19)12-25-15-10-6-5-9-14(15)20-23-25/h4-11H,3,12H2,1-2H3. The van der Waals surface area contributed by atoms with E-state index in [9.17, 15) is 4.79 Å². The molecule has 28 heavy (non-hydrogen) atoms. The van der Waals surface area contributed by atoms with E-state index in [1.807, 2.05) is 43.3 Å². The number of hydrogen-bond donors (Lipinski definition) is 0. The van der Waals surface area contributed by atoms with Crippen LogP contribution in [0, 0.1) is 0 Å². The summed E-state index contributed by atoms with van der Waals surface area (Å²) in [7, 11) is 1.55. The number of aromatic nitrogens is 5. The molecule has 0 aliphatic rings. The van der Waals surface area contributed by atoms with Crippen LogP contribution in [0.15, 0.2) is 48.5 Å². The molecule has 0 unspecified atom stereocenters. The van der Waals surface area contributed by atoms with Gasteiger partial charge in [0.1, 0.15) is 16.3 Å². The van der Waals surface area contributed by atoms with E-state index in [0.717, 1.165) is 16.0 Å². The Labute approximate surface area is 165 Å². The molecule has 0 atom stereocenters. The van der Waals surface area contributed by atoms with Crippen molar-refractivity contribution in [2.75, 3.05) is 18.6 Å². The zero-order valence-electron chi connectivity index (χ0n) is 15.4. The lowest BCUT2D eigenvalue weighted by atomic mass is 10.2. The number of carbonyl (C=O) groups excluding carboxylic acids is 1. The number of ether oxygens (including phenoxy) is 1. The molecule has 0 bridgehead atoms. The lowest BCUT2D eigenvalue weighted by Crippen LogP contribution is -2.30. The van der Waals surface area contributed by atoms with Gasteiger partial charge in [0.25, 0.3) is 5.91 Å². The molecule has 1 amide bonds. The van der Waals surface area contributed by atoms with E-state index < -0.39 is 0 Å². The zero-order valence-corrected chi connectivity index (χ0v) is 16.3. The highest BCUT2D eigenvalue weighted by atomic mass is 32.1. The molecular weight excluding hydrogens is 376 g/mol. The number of benzene rings is 2. The topological polar surface area (TPSA) is 86.0 Å². The summed E-state index contributed by atoms with van der Waals surface area (Å²) in [5.74, 6) is 0.360. The van der Waals surface area contributed by atoms with Crippen LogP contribution < -0.4 is 9.64 Å². The Hall–Kier alpha value is -3.33. The van der Waals surface area contributed by atoms with Gasteiger partial charge in [0.2, 0.25) is 5.13 Å². The Kier molecular flexibility index (Phi) is 4.98. The number of rotatable bonds is 6. The van der Waals surface area contributed by atoms with E-state index in [0.29, 0.717) is 29.5 Å². The lowest BCUT2D eigenvalue weighted by molar-refractivity contribution is 0.0985. The highest BCUT2D eigenvalue weighted by Gasteiger charge is 2.23. The first-order valence-corrected chi connectivity index (χ1v) is 9.58. The molecule has 0 aliphatic carbocycles. The van der Waals surface area contributed by atoms with Gasteiger partial charge in [0.15, 0.2) is 0 Å². The third kappa shape index (κ3) is 3.31. The van der Waals surface area contributed by atoms with Crippen LogP contribution in [-0.4, -0.2) is 44.8 Å². The predicted molar refractivity (Wildman–Crippen MR) is 107 cm³/mol. The minimum absolute atomic E-state index is 0.172. The molecule has 0 N–H and O–H groups in total. The number of amides is 1. The van der Waals surface area contributed by atoms with Gasteiger partial charge in [0, 0.05) is 6.54 Å². The fourth-order valence-corrected chi connectivity index (χ4v) is 3.80. The van der Waals surface area contributed by atoms with E-state index in [4.69, 9.17) is 4.74 Å². The minimum Gasteiger partial charge on any atom is -0.496 e. The quantitative estimate of drug-likeness (QED) is 0.500. The van der Waals surface area contributed by atoms with Crippen molar-refractivity contribution >= 4 is 33.4 Å². The second-order valence-electron chi connectivity index (χ2n) is 5.96. The van der Waals surface area contributed by atoms with Crippen molar-refractivity contribution in [2.24, 2.45) is 0 Å². The van der Waals surface area contributed by atoms with E-state index in [-0.39, 0.29) is 5.91 Å². The van der Waals surface area contributed by atoms with Crippen LogP contribution in [0.4, 0.5) is 5.13 Å². The number of para-hydroxylation sites is 2. The summed E-state index contributed by atoms with van der Waals surface area (Å²) in [6.45, 7) is 2.82. The van der Waals surface area contributed by atoms with Crippen LogP contribution in [0.25, 0.3) is 11.0 Å². The van der Waals surface area contributed by atoms with Crippen molar-refractivity contribution in [3.63, 3.8) is 0 Å². The number of methoxy groups -OCH3 is 1. The molecule has 2 aromatic heterocycles. The van der Waals surface area contributed by atoms with E-state index >= 15 is 0 Å². The average molecular weight is 394 g/mol. The lowest BCUT2D eigenvalue weighted by Gasteiger charge is -2.18. The molecule has 2 heterocycles. The Morgan fingerprint density at radius 3 is 2.71 bits per heavy atom. The van der Waals surface area contributed by atoms with Crippen molar-refractivity contribution in [1.29, 1.82) is 0 Å². The Balaban J connectivity index is 1.59. The SMILES string of the molecule is CCN(C(=O)c1ccccc1OC)c1nnc(Cn2nnc3ccccc32)s1. The summed E-state index contributed by atoms with van der Waals surface area (Å²) < 4.78 is 7.09. The smallest absolute Gasteiger partial charge is 0.263 e. The first-order valence-electron chi connectivity index (χ1n) is 8.76. The maximum atomic E-state index is 13.0. The predicted octanol–water partition coefficient (Wildman–Crippen LogP) is 3.01. The maximum Gasteiger partial charge on any atom is 0.263 e. The summed E-state index contributed by atoms with van der Waals surface area (Å²) >= 11 is 1.36. The molecule has 0 fully saturated rings. The molecule has 9 heteroatoms. The molecule has 0 radical (unpaired) electrons. The Morgan fingerprint density at radius 2 is 1.89 bits per heavy atom. The highest BCUT2D eigenvalue weighted by Crippen LogP contribution is 2.26. The van der Waals surface area contributed by atoms with Gasteiger partial charge in [-0.25, -0.2) is 4.68 Å². The van der Waals surface area contributed by atoms with Crippen molar-refractivity contribution in [1.82, 2.24) is 25.2 Å². The molecule has 0 aliphatic heterocycles. The molecule has 0 saturated heterocycles. The molecule has 0 spiro atoms. The summed E-state index contributed by atoms with van der Waals surface area (Å²) in [5.41, 5.74) is 2.25. The molecule has 8 nitrogen and oxygen atoms in total. The molecular formula is C19H18N6O2S. The largest absolute Gasteiger partial charge is 0.496 e. The summed E-state index contributed by atoms with van der Waals surface area (Å²) in [6, 6.07) is 14.9. The van der Waals surface area contributed by atoms with Crippen molar-refractivity contribution in [3.8, 4) is 5.75 Å². The van der Waals surface area contributed by atoms with Crippen LogP contribution in [0.1, 0.15) is 22.3 Å². The van der Waals surface area contributed by atoms with Gasteiger partial charge in [-0.15, -0.1) is 15.3 Å². The molecule has 4 aromatic rings. The summed E-state index contributed by atoms with van der Waals surface area (Å²) in [5, 5.41) is 18.1. The first kappa shape index (κ1) is 18.1. The van der Waals surface area contributed by atoms with Crippen LogP contribution in [0.3, 0.4) is 0 Å². The van der Waals surface area contributed by atoms with E-state index in [1.165, 1.54) is 11.3 Å². The third-order valence-electron chi connectivity index (χ3n) is 4.29. The van der Waals surface area contributed by atoms with Crippen LogP contribution >= 0.6 is 11.3 Å². The van der Waals surface area contributed by atoms with Gasteiger partial charge in [-0.05, 0) is 31.2 Å². The molecule has 142 valence electrons. The number of nitrogens with zero attached hydrogens (tertiary/aromatic N) is 6. The normalized spacial score (nSPS) is 10.9. The average Bonchev–Trinajstić information content (AvgIpc) is 3.36. The number of fused-ring (bicyclic) bond motifs is 1. The minimum atomic E-state index is -0.172. The monoisotopic (exact) mass is 394 g/mol. The van der Waals surface area contributed by atoms with Gasteiger partial charge in [-0.3, -0.25) is 9.69 Å². The van der Waals surface area contributed by atoms with Crippen molar-refractivity contribution in [3.05, 3.63) is 59.1 Å². The fourth-order valence-electron chi connectivity index (χ4n) is 2.91. The number of carbonyl (C=O) groups is 1. The second kappa shape index (κ2) is 7.73. The third-order valence-corrected chi connectivity index (χ3v) is 5.22. The van der Waals surface area contributed by atoms with Crippen molar-refractivity contribution in [2.45, 2.75) is 13.5 Å².